The van der Waals surface area contributed by atoms with Crippen molar-refractivity contribution >= 4 is 0 Å². The van der Waals surface area contributed by atoms with Crippen LogP contribution in [-0.4, -0.2) is 0 Å². The smallest absolute Gasteiger partial charge is 0.0300 e. The van der Waals surface area contributed by atoms with Crippen LogP contribution in [0.3, 0.4) is 0 Å². The van der Waals surface area contributed by atoms with Gasteiger partial charge in [-0.3, -0.25) is 0 Å². The summed E-state index contributed by atoms with van der Waals surface area (Å²) < 4.78 is 0. The first-order chi connectivity index (χ1) is 6.86. The summed E-state index contributed by atoms with van der Waals surface area (Å²) in [7, 11) is 0. The number of nitrogens with two attached hydrogens (primary N) is 1. The quantitative estimate of drug-likeness (QED) is 0.663. The molecule has 0 heterocycles. The SMILES string of the molecule is N[C@H]1CCc2c1ccc1c2CCCC1. The van der Waals surface area contributed by atoms with Crippen molar-refractivity contribution in [2.75, 3.05) is 0 Å². The van der Waals surface area contributed by atoms with Gasteiger partial charge in [-0.1, -0.05) is 12.1 Å². The van der Waals surface area contributed by atoms with Crippen molar-refractivity contribution in [2.45, 2.75) is 44.6 Å². The van der Waals surface area contributed by atoms with Crippen molar-refractivity contribution in [3.63, 3.8) is 0 Å². The third kappa shape index (κ3) is 1.12. The predicted molar refractivity (Wildman–Crippen MR) is 58.3 cm³/mol. The van der Waals surface area contributed by atoms with Crippen LogP contribution in [0.25, 0.3) is 0 Å². The van der Waals surface area contributed by atoms with Gasteiger partial charge in [-0.15, -0.1) is 0 Å². The van der Waals surface area contributed by atoms with E-state index in [1.807, 2.05) is 0 Å². The molecule has 0 fully saturated rings. The molecule has 0 bridgehead atoms. The van der Waals surface area contributed by atoms with Gasteiger partial charge >= 0.3 is 0 Å². The van der Waals surface area contributed by atoms with Crippen LogP contribution < -0.4 is 5.73 Å². The lowest BCUT2D eigenvalue weighted by Crippen LogP contribution is -2.09. The van der Waals surface area contributed by atoms with E-state index in [9.17, 15) is 0 Å². The minimum absolute atomic E-state index is 0.317. The highest BCUT2D eigenvalue weighted by Crippen LogP contribution is 2.36. The zero-order valence-electron chi connectivity index (χ0n) is 8.55. The van der Waals surface area contributed by atoms with Crippen LogP contribution in [0.1, 0.15) is 47.6 Å². The van der Waals surface area contributed by atoms with Gasteiger partial charge in [0.05, 0.1) is 0 Å². The topological polar surface area (TPSA) is 26.0 Å². The van der Waals surface area contributed by atoms with E-state index in [1.54, 1.807) is 16.7 Å². The molecule has 1 heteroatoms. The molecule has 0 aliphatic heterocycles. The van der Waals surface area contributed by atoms with E-state index in [0.29, 0.717) is 6.04 Å². The largest absolute Gasteiger partial charge is 0.324 e. The van der Waals surface area contributed by atoms with Gasteiger partial charge in [-0.25, -0.2) is 0 Å². The molecule has 14 heavy (non-hydrogen) atoms. The first-order valence-electron chi connectivity index (χ1n) is 5.75. The van der Waals surface area contributed by atoms with Crippen molar-refractivity contribution in [3.05, 3.63) is 34.4 Å². The average Bonchev–Trinajstić information content (AvgIpc) is 2.61. The maximum absolute atomic E-state index is 6.08. The predicted octanol–water partition coefficient (Wildman–Crippen LogP) is 2.51. The van der Waals surface area contributed by atoms with Gasteiger partial charge in [-0.05, 0) is 60.8 Å². The molecule has 2 N–H and O–H groups in total. The Hall–Kier alpha value is -0.820. The molecule has 1 aromatic rings. The Morgan fingerprint density at radius 3 is 2.79 bits per heavy atom. The van der Waals surface area contributed by atoms with Crippen molar-refractivity contribution in [3.8, 4) is 0 Å². The number of hydrogen-bond acceptors (Lipinski definition) is 1. The molecule has 2 aliphatic carbocycles. The van der Waals surface area contributed by atoms with E-state index in [1.165, 1.54) is 37.7 Å². The average molecular weight is 187 g/mol. The van der Waals surface area contributed by atoms with E-state index < -0.39 is 0 Å². The lowest BCUT2D eigenvalue weighted by molar-refractivity contribution is 0.679. The van der Waals surface area contributed by atoms with E-state index >= 15 is 0 Å². The van der Waals surface area contributed by atoms with Crippen LogP contribution in [0, 0.1) is 0 Å². The fraction of sp³-hybridized carbons (Fsp3) is 0.538. The van der Waals surface area contributed by atoms with Crippen molar-refractivity contribution < 1.29 is 0 Å². The minimum atomic E-state index is 0.317. The Balaban J connectivity index is 2.15. The Morgan fingerprint density at radius 1 is 1.00 bits per heavy atom. The number of aryl methyl sites for hydroxylation is 1. The summed E-state index contributed by atoms with van der Waals surface area (Å²) in [5, 5.41) is 0. The molecule has 3 rings (SSSR count). The first-order valence-corrected chi connectivity index (χ1v) is 5.75. The Labute approximate surface area is 85.3 Å². The van der Waals surface area contributed by atoms with Crippen LogP contribution in [0.4, 0.5) is 0 Å². The van der Waals surface area contributed by atoms with Gasteiger partial charge in [-0.2, -0.15) is 0 Å². The van der Waals surface area contributed by atoms with E-state index in [4.69, 9.17) is 5.73 Å². The highest BCUT2D eigenvalue weighted by atomic mass is 14.6. The van der Waals surface area contributed by atoms with E-state index in [2.05, 4.69) is 12.1 Å². The molecule has 2 aliphatic rings. The van der Waals surface area contributed by atoms with Crippen LogP contribution in [0.5, 0.6) is 0 Å². The summed E-state index contributed by atoms with van der Waals surface area (Å²) in [6.07, 6.45) is 7.71. The molecule has 0 spiro atoms. The van der Waals surface area contributed by atoms with Crippen molar-refractivity contribution in [1.82, 2.24) is 0 Å². The van der Waals surface area contributed by atoms with Crippen molar-refractivity contribution in [2.24, 2.45) is 5.73 Å². The second-order valence-electron chi connectivity index (χ2n) is 4.62. The Morgan fingerprint density at radius 2 is 1.86 bits per heavy atom. The van der Waals surface area contributed by atoms with Gasteiger partial charge in [0.2, 0.25) is 0 Å². The second-order valence-corrected chi connectivity index (χ2v) is 4.62. The number of benzene rings is 1. The normalized spacial score (nSPS) is 24.5. The molecule has 1 nitrogen and oxygen atoms in total. The summed E-state index contributed by atoms with van der Waals surface area (Å²) in [5.41, 5.74) is 12.4. The van der Waals surface area contributed by atoms with E-state index in [-0.39, 0.29) is 0 Å². The summed E-state index contributed by atoms with van der Waals surface area (Å²) >= 11 is 0. The highest BCUT2D eigenvalue weighted by molar-refractivity contribution is 5.46. The molecular weight excluding hydrogens is 170 g/mol. The zero-order chi connectivity index (χ0) is 9.54. The first kappa shape index (κ1) is 8.49. The van der Waals surface area contributed by atoms with Crippen LogP contribution >= 0.6 is 0 Å². The lowest BCUT2D eigenvalue weighted by Gasteiger charge is -2.19. The van der Waals surface area contributed by atoms with Gasteiger partial charge < -0.3 is 5.73 Å². The van der Waals surface area contributed by atoms with Crippen LogP contribution in [-0.2, 0) is 19.3 Å². The highest BCUT2D eigenvalue weighted by Gasteiger charge is 2.24. The number of hydrogen-bond donors (Lipinski definition) is 1. The molecular formula is C13H17N. The lowest BCUT2D eigenvalue weighted by atomic mass is 9.86. The number of fused-ring (bicyclic) bond motifs is 3. The second kappa shape index (κ2) is 3.09. The third-order valence-electron chi connectivity index (χ3n) is 3.79. The molecule has 74 valence electrons. The molecule has 0 unspecified atom stereocenters. The maximum Gasteiger partial charge on any atom is 0.0300 e. The van der Waals surface area contributed by atoms with Gasteiger partial charge in [0.15, 0.2) is 0 Å². The fourth-order valence-electron chi connectivity index (χ4n) is 3.02. The van der Waals surface area contributed by atoms with Gasteiger partial charge in [0, 0.05) is 6.04 Å². The summed E-state index contributed by atoms with van der Waals surface area (Å²) in [6, 6.07) is 4.91. The van der Waals surface area contributed by atoms with Gasteiger partial charge in [0.25, 0.3) is 0 Å². The zero-order valence-corrected chi connectivity index (χ0v) is 8.55. The molecule has 0 amide bonds. The molecule has 0 radical (unpaired) electrons. The maximum atomic E-state index is 6.08. The van der Waals surface area contributed by atoms with Crippen molar-refractivity contribution in [1.29, 1.82) is 0 Å². The number of rotatable bonds is 0. The fourth-order valence-corrected chi connectivity index (χ4v) is 3.02. The molecule has 1 atom stereocenters. The molecule has 0 saturated heterocycles. The summed E-state index contributed by atoms with van der Waals surface area (Å²) in [6.45, 7) is 0. The van der Waals surface area contributed by atoms with Crippen LogP contribution in [0.2, 0.25) is 0 Å². The minimum Gasteiger partial charge on any atom is -0.324 e. The third-order valence-corrected chi connectivity index (χ3v) is 3.79. The molecule has 1 aromatic carbocycles. The Bertz CT molecular complexity index is 368. The van der Waals surface area contributed by atoms with Crippen LogP contribution in [0.15, 0.2) is 12.1 Å². The monoisotopic (exact) mass is 187 g/mol. The molecule has 0 aromatic heterocycles. The Kier molecular flexibility index (Phi) is 1.88. The summed E-state index contributed by atoms with van der Waals surface area (Å²) in [5.74, 6) is 0. The summed E-state index contributed by atoms with van der Waals surface area (Å²) in [4.78, 5) is 0. The van der Waals surface area contributed by atoms with Gasteiger partial charge in [0.1, 0.15) is 0 Å². The van der Waals surface area contributed by atoms with E-state index in [0.717, 1.165) is 6.42 Å². The molecule has 0 saturated carbocycles. The standard InChI is InChI=1S/C13H17N/c14-13-8-7-11-10-4-2-1-3-9(10)5-6-12(11)13/h5-6,13H,1-4,7-8,14H2/t13-/m0/s1.